The predicted molar refractivity (Wildman–Crippen MR) is 84.8 cm³/mol. The number of aromatic nitrogens is 1. The van der Waals surface area contributed by atoms with Crippen LogP contribution >= 0.6 is 0 Å². The van der Waals surface area contributed by atoms with Gasteiger partial charge in [-0.15, -0.1) is 0 Å². The quantitative estimate of drug-likeness (QED) is 0.820. The van der Waals surface area contributed by atoms with Gasteiger partial charge in [0.05, 0.1) is 19.1 Å². The monoisotopic (exact) mass is 318 g/mol. The fourth-order valence-electron chi connectivity index (χ4n) is 2.91. The molecule has 2 fully saturated rings. The first-order valence-corrected chi connectivity index (χ1v) is 8.05. The number of anilines is 1. The molecule has 0 saturated carbocycles. The van der Waals surface area contributed by atoms with Crippen molar-refractivity contribution in [3.8, 4) is 0 Å². The molecule has 23 heavy (non-hydrogen) atoms. The molecule has 0 radical (unpaired) electrons. The van der Waals surface area contributed by atoms with E-state index in [0.717, 1.165) is 24.5 Å². The zero-order chi connectivity index (χ0) is 16.1. The van der Waals surface area contributed by atoms with Gasteiger partial charge in [0.2, 0.25) is 11.8 Å². The van der Waals surface area contributed by atoms with Crippen molar-refractivity contribution in [3.05, 3.63) is 23.9 Å². The van der Waals surface area contributed by atoms with E-state index in [-0.39, 0.29) is 17.7 Å². The number of nitrogens with one attached hydrogen (secondary N) is 2. The van der Waals surface area contributed by atoms with Crippen LogP contribution in [0.1, 0.15) is 18.4 Å². The van der Waals surface area contributed by atoms with Gasteiger partial charge < -0.3 is 20.3 Å². The smallest absolute Gasteiger partial charge is 0.225 e. The Kier molecular flexibility index (Phi) is 5.07. The van der Waals surface area contributed by atoms with Crippen LogP contribution in [-0.4, -0.2) is 49.6 Å². The lowest BCUT2D eigenvalue weighted by atomic mass is 9.98. The SMILES string of the molecule is O=C1CC[C@@H](C(=O)NCc2cccnc2N2CCOCC2)CN1. The molecule has 1 aromatic rings. The van der Waals surface area contributed by atoms with Crippen molar-refractivity contribution in [2.24, 2.45) is 5.92 Å². The summed E-state index contributed by atoms with van der Waals surface area (Å²) in [6, 6.07) is 3.87. The highest BCUT2D eigenvalue weighted by molar-refractivity contribution is 5.83. The molecular formula is C16H22N4O3. The normalized spacial score (nSPS) is 21.7. The van der Waals surface area contributed by atoms with Crippen LogP contribution in [0.25, 0.3) is 0 Å². The largest absolute Gasteiger partial charge is 0.378 e. The molecule has 0 aliphatic carbocycles. The first-order valence-electron chi connectivity index (χ1n) is 8.05. The molecule has 3 heterocycles. The summed E-state index contributed by atoms with van der Waals surface area (Å²) in [7, 11) is 0. The van der Waals surface area contributed by atoms with Crippen LogP contribution in [0.3, 0.4) is 0 Å². The zero-order valence-electron chi connectivity index (χ0n) is 13.1. The van der Waals surface area contributed by atoms with Crippen LogP contribution in [0.15, 0.2) is 18.3 Å². The molecule has 0 spiro atoms. The average molecular weight is 318 g/mol. The summed E-state index contributed by atoms with van der Waals surface area (Å²) in [4.78, 5) is 30.1. The summed E-state index contributed by atoms with van der Waals surface area (Å²) in [5, 5.41) is 5.71. The van der Waals surface area contributed by atoms with E-state index in [1.165, 1.54) is 0 Å². The Bertz CT molecular complexity index is 562. The maximum atomic E-state index is 12.2. The van der Waals surface area contributed by atoms with E-state index in [4.69, 9.17) is 4.74 Å². The van der Waals surface area contributed by atoms with Gasteiger partial charge in [0, 0.05) is 44.4 Å². The lowest BCUT2D eigenvalue weighted by Crippen LogP contribution is -2.43. The molecule has 2 aliphatic heterocycles. The Morgan fingerprint density at radius 3 is 3.00 bits per heavy atom. The van der Waals surface area contributed by atoms with Gasteiger partial charge in [-0.1, -0.05) is 6.07 Å². The number of piperidine rings is 1. The average Bonchev–Trinajstić information content (AvgIpc) is 2.61. The minimum atomic E-state index is -0.142. The third kappa shape index (κ3) is 3.98. The van der Waals surface area contributed by atoms with Crippen molar-refractivity contribution >= 4 is 17.6 Å². The summed E-state index contributed by atoms with van der Waals surface area (Å²) in [6.07, 6.45) is 2.80. The van der Waals surface area contributed by atoms with E-state index in [0.29, 0.717) is 39.1 Å². The summed E-state index contributed by atoms with van der Waals surface area (Å²) < 4.78 is 5.37. The van der Waals surface area contributed by atoms with E-state index in [1.807, 2.05) is 12.1 Å². The van der Waals surface area contributed by atoms with E-state index in [1.54, 1.807) is 6.20 Å². The number of pyridine rings is 1. The molecule has 2 N–H and O–H groups in total. The minimum absolute atomic E-state index is 0.0122. The van der Waals surface area contributed by atoms with Gasteiger partial charge in [-0.25, -0.2) is 4.98 Å². The molecule has 7 heteroatoms. The molecule has 1 atom stereocenters. The summed E-state index contributed by atoms with van der Waals surface area (Å²) >= 11 is 0. The number of rotatable bonds is 4. The molecule has 2 aliphatic rings. The highest BCUT2D eigenvalue weighted by atomic mass is 16.5. The molecule has 7 nitrogen and oxygen atoms in total. The second-order valence-electron chi connectivity index (χ2n) is 5.84. The lowest BCUT2D eigenvalue weighted by molar-refractivity contribution is -0.129. The predicted octanol–water partition coefficient (Wildman–Crippen LogP) is 0.0606. The topological polar surface area (TPSA) is 83.6 Å². The van der Waals surface area contributed by atoms with Crippen molar-refractivity contribution in [3.63, 3.8) is 0 Å². The fourth-order valence-corrected chi connectivity index (χ4v) is 2.91. The van der Waals surface area contributed by atoms with Crippen molar-refractivity contribution in [2.75, 3.05) is 37.7 Å². The molecule has 2 saturated heterocycles. The van der Waals surface area contributed by atoms with Crippen LogP contribution in [0.4, 0.5) is 5.82 Å². The van der Waals surface area contributed by atoms with Gasteiger partial charge in [-0.05, 0) is 12.5 Å². The Labute approximate surface area is 135 Å². The van der Waals surface area contributed by atoms with Crippen LogP contribution in [-0.2, 0) is 20.9 Å². The van der Waals surface area contributed by atoms with Crippen LogP contribution < -0.4 is 15.5 Å². The summed E-state index contributed by atoms with van der Waals surface area (Å²) in [6.45, 7) is 3.89. The van der Waals surface area contributed by atoms with Gasteiger partial charge in [0.15, 0.2) is 0 Å². The number of carbonyl (C=O) groups is 2. The number of ether oxygens (including phenoxy) is 1. The molecule has 1 aromatic heterocycles. The lowest BCUT2D eigenvalue weighted by Gasteiger charge is -2.29. The van der Waals surface area contributed by atoms with E-state index < -0.39 is 0 Å². The molecule has 0 aromatic carbocycles. The minimum Gasteiger partial charge on any atom is -0.378 e. The molecule has 0 bridgehead atoms. The van der Waals surface area contributed by atoms with Crippen molar-refractivity contribution in [2.45, 2.75) is 19.4 Å². The number of hydrogen-bond acceptors (Lipinski definition) is 5. The van der Waals surface area contributed by atoms with E-state index >= 15 is 0 Å². The van der Waals surface area contributed by atoms with Crippen molar-refractivity contribution in [1.82, 2.24) is 15.6 Å². The second-order valence-corrected chi connectivity index (χ2v) is 5.84. The standard InChI is InChI=1S/C16H22N4O3/c21-14-4-3-13(11-18-14)16(22)19-10-12-2-1-5-17-15(12)20-6-8-23-9-7-20/h1-2,5,13H,3-4,6-11H2,(H,18,21)(H,19,22)/t13-/m1/s1. The molecular weight excluding hydrogens is 296 g/mol. The van der Waals surface area contributed by atoms with Gasteiger partial charge in [0.25, 0.3) is 0 Å². The van der Waals surface area contributed by atoms with Gasteiger partial charge in [-0.3, -0.25) is 9.59 Å². The number of hydrogen-bond donors (Lipinski definition) is 2. The number of carbonyl (C=O) groups excluding carboxylic acids is 2. The maximum absolute atomic E-state index is 12.2. The van der Waals surface area contributed by atoms with Crippen LogP contribution in [0, 0.1) is 5.92 Å². The van der Waals surface area contributed by atoms with Crippen LogP contribution in [0.5, 0.6) is 0 Å². The summed E-state index contributed by atoms with van der Waals surface area (Å²) in [5.41, 5.74) is 1.00. The highest BCUT2D eigenvalue weighted by Gasteiger charge is 2.24. The second kappa shape index (κ2) is 7.41. The fraction of sp³-hybridized carbons (Fsp3) is 0.562. The highest BCUT2D eigenvalue weighted by Crippen LogP contribution is 2.19. The zero-order valence-corrected chi connectivity index (χ0v) is 13.1. The van der Waals surface area contributed by atoms with E-state index in [9.17, 15) is 9.59 Å². The first-order chi connectivity index (χ1) is 11.2. The van der Waals surface area contributed by atoms with Crippen molar-refractivity contribution < 1.29 is 14.3 Å². The summed E-state index contributed by atoms with van der Waals surface area (Å²) in [5.74, 6) is 0.780. The van der Waals surface area contributed by atoms with Gasteiger partial charge in [-0.2, -0.15) is 0 Å². The van der Waals surface area contributed by atoms with Gasteiger partial charge in [0.1, 0.15) is 5.82 Å². The van der Waals surface area contributed by atoms with Gasteiger partial charge >= 0.3 is 0 Å². The van der Waals surface area contributed by atoms with E-state index in [2.05, 4.69) is 20.5 Å². The molecule has 3 rings (SSSR count). The Hall–Kier alpha value is -2.15. The third-order valence-electron chi connectivity index (χ3n) is 4.27. The number of nitrogens with zero attached hydrogens (tertiary/aromatic N) is 2. The van der Waals surface area contributed by atoms with Crippen LogP contribution in [0.2, 0.25) is 0 Å². The molecule has 124 valence electrons. The molecule has 0 unspecified atom stereocenters. The molecule has 2 amide bonds. The number of morpholine rings is 1. The first kappa shape index (κ1) is 15.7. The maximum Gasteiger partial charge on any atom is 0.225 e. The Balaban J connectivity index is 1.59. The van der Waals surface area contributed by atoms with Crippen molar-refractivity contribution in [1.29, 1.82) is 0 Å². The Morgan fingerprint density at radius 1 is 1.43 bits per heavy atom. The third-order valence-corrected chi connectivity index (χ3v) is 4.27. The number of amides is 2. The Morgan fingerprint density at radius 2 is 2.26 bits per heavy atom.